The number of rotatable bonds is 2. The number of phenols is 1. The molecule has 1 N–H and O–H groups in total. The highest BCUT2D eigenvalue weighted by Crippen LogP contribution is 2.13. The van der Waals surface area contributed by atoms with Crippen molar-refractivity contribution < 1.29 is 5.11 Å². The van der Waals surface area contributed by atoms with Crippen LogP contribution in [0.3, 0.4) is 0 Å². The fourth-order valence-electron chi connectivity index (χ4n) is 1.30. The molecule has 2 nitrogen and oxygen atoms in total. The summed E-state index contributed by atoms with van der Waals surface area (Å²) in [4.78, 5) is 3.94. The SMILES string of the molecule is Oc1cccc(/C=C\c2ccncc2)c1. The molecule has 0 fully saturated rings. The zero-order valence-corrected chi connectivity index (χ0v) is 8.17. The third-order valence-electron chi connectivity index (χ3n) is 2.04. The molecule has 0 atom stereocenters. The van der Waals surface area contributed by atoms with Gasteiger partial charge in [-0.1, -0.05) is 24.3 Å². The highest BCUT2D eigenvalue weighted by molar-refractivity contribution is 5.69. The Morgan fingerprint density at radius 2 is 1.67 bits per heavy atom. The monoisotopic (exact) mass is 197 g/mol. The first-order valence-corrected chi connectivity index (χ1v) is 4.72. The molecule has 2 aromatic rings. The van der Waals surface area contributed by atoms with Crippen molar-refractivity contribution in [1.82, 2.24) is 4.98 Å². The van der Waals surface area contributed by atoms with Crippen LogP contribution in [0.2, 0.25) is 0 Å². The van der Waals surface area contributed by atoms with Crippen LogP contribution in [-0.4, -0.2) is 10.1 Å². The quantitative estimate of drug-likeness (QED) is 0.802. The Kier molecular flexibility index (Phi) is 2.79. The summed E-state index contributed by atoms with van der Waals surface area (Å²) in [6.45, 7) is 0. The van der Waals surface area contributed by atoms with Gasteiger partial charge in [0.15, 0.2) is 0 Å². The van der Waals surface area contributed by atoms with Gasteiger partial charge in [-0.2, -0.15) is 0 Å². The van der Waals surface area contributed by atoms with Crippen molar-refractivity contribution in [2.45, 2.75) is 0 Å². The zero-order valence-electron chi connectivity index (χ0n) is 8.17. The van der Waals surface area contributed by atoms with Crippen LogP contribution in [0, 0.1) is 0 Å². The van der Waals surface area contributed by atoms with Gasteiger partial charge in [0, 0.05) is 12.4 Å². The average molecular weight is 197 g/mol. The summed E-state index contributed by atoms with van der Waals surface area (Å²) in [5, 5.41) is 9.27. The summed E-state index contributed by atoms with van der Waals surface area (Å²) in [5.74, 6) is 0.284. The minimum absolute atomic E-state index is 0.284. The van der Waals surface area contributed by atoms with Crippen LogP contribution in [0.5, 0.6) is 5.75 Å². The number of phenolic OH excluding ortho intramolecular Hbond substituents is 1. The third kappa shape index (κ3) is 2.68. The van der Waals surface area contributed by atoms with E-state index in [-0.39, 0.29) is 5.75 Å². The van der Waals surface area contributed by atoms with E-state index in [0.29, 0.717) is 0 Å². The van der Waals surface area contributed by atoms with Gasteiger partial charge in [0.25, 0.3) is 0 Å². The van der Waals surface area contributed by atoms with Gasteiger partial charge in [0.2, 0.25) is 0 Å². The molecule has 2 heteroatoms. The number of nitrogens with zero attached hydrogens (tertiary/aromatic N) is 1. The van der Waals surface area contributed by atoms with Crippen LogP contribution in [0.25, 0.3) is 12.2 Å². The van der Waals surface area contributed by atoms with Crippen LogP contribution in [0.1, 0.15) is 11.1 Å². The Morgan fingerprint density at radius 3 is 2.40 bits per heavy atom. The number of aromatic nitrogens is 1. The van der Waals surface area contributed by atoms with E-state index in [1.165, 1.54) is 0 Å². The molecular formula is C13H11NO. The van der Waals surface area contributed by atoms with Crippen molar-refractivity contribution in [1.29, 1.82) is 0 Å². The standard InChI is InChI=1S/C13H11NO/c15-13-3-1-2-12(10-13)5-4-11-6-8-14-9-7-11/h1-10,15H/b5-4-. The second-order valence-corrected chi connectivity index (χ2v) is 3.21. The molecule has 0 radical (unpaired) electrons. The van der Waals surface area contributed by atoms with Crippen molar-refractivity contribution in [2.24, 2.45) is 0 Å². The lowest BCUT2D eigenvalue weighted by atomic mass is 10.1. The van der Waals surface area contributed by atoms with Gasteiger partial charge < -0.3 is 5.11 Å². The Morgan fingerprint density at radius 1 is 0.933 bits per heavy atom. The average Bonchev–Trinajstić information content (AvgIpc) is 2.28. The second-order valence-electron chi connectivity index (χ2n) is 3.21. The maximum Gasteiger partial charge on any atom is 0.116 e. The molecule has 0 aliphatic carbocycles. The molecular weight excluding hydrogens is 186 g/mol. The van der Waals surface area contributed by atoms with E-state index in [9.17, 15) is 5.11 Å². The molecule has 74 valence electrons. The van der Waals surface area contributed by atoms with Gasteiger partial charge in [-0.25, -0.2) is 0 Å². The van der Waals surface area contributed by atoms with Gasteiger partial charge >= 0.3 is 0 Å². The van der Waals surface area contributed by atoms with Gasteiger partial charge in [0.1, 0.15) is 5.75 Å². The topological polar surface area (TPSA) is 33.1 Å². The van der Waals surface area contributed by atoms with E-state index < -0.39 is 0 Å². The summed E-state index contributed by atoms with van der Waals surface area (Å²) in [6, 6.07) is 11.0. The van der Waals surface area contributed by atoms with Crippen LogP contribution >= 0.6 is 0 Å². The van der Waals surface area contributed by atoms with E-state index in [2.05, 4.69) is 4.98 Å². The van der Waals surface area contributed by atoms with Crippen LogP contribution in [0.4, 0.5) is 0 Å². The lowest BCUT2D eigenvalue weighted by molar-refractivity contribution is 0.475. The fourth-order valence-corrected chi connectivity index (χ4v) is 1.30. The molecule has 2 rings (SSSR count). The molecule has 0 aliphatic heterocycles. The van der Waals surface area contributed by atoms with Crippen molar-refractivity contribution >= 4 is 12.2 Å². The number of hydrogen-bond donors (Lipinski definition) is 1. The molecule has 0 saturated carbocycles. The van der Waals surface area contributed by atoms with E-state index in [1.807, 2.05) is 36.4 Å². The maximum atomic E-state index is 9.27. The van der Waals surface area contributed by atoms with E-state index in [0.717, 1.165) is 11.1 Å². The predicted octanol–water partition coefficient (Wildman–Crippen LogP) is 2.96. The minimum atomic E-state index is 0.284. The van der Waals surface area contributed by atoms with Gasteiger partial charge in [-0.05, 0) is 35.4 Å². The first-order chi connectivity index (χ1) is 7.34. The number of hydrogen-bond acceptors (Lipinski definition) is 2. The first-order valence-electron chi connectivity index (χ1n) is 4.72. The molecule has 0 saturated heterocycles. The Hall–Kier alpha value is -2.09. The maximum absolute atomic E-state index is 9.27. The van der Waals surface area contributed by atoms with E-state index in [4.69, 9.17) is 0 Å². The second kappa shape index (κ2) is 4.42. The number of aromatic hydroxyl groups is 1. The molecule has 0 bridgehead atoms. The lowest BCUT2D eigenvalue weighted by Crippen LogP contribution is -1.73. The van der Waals surface area contributed by atoms with Gasteiger partial charge in [-0.3, -0.25) is 4.98 Å². The Labute approximate surface area is 88.5 Å². The molecule has 0 spiro atoms. The fraction of sp³-hybridized carbons (Fsp3) is 0. The molecule has 15 heavy (non-hydrogen) atoms. The summed E-state index contributed by atoms with van der Waals surface area (Å²) < 4.78 is 0. The molecule has 0 amide bonds. The van der Waals surface area contributed by atoms with Crippen molar-refractivity contribution in [2.75, 3.05) is 0 Å². The van der Waals surface area contributed by atoms with Crippen LogP contribution in [0.15, 0.2) is 48.8 Å². The summed E-state index contributed by atoms with van der Waals surface area (Å²) in [6.07, 6.45) is 7.44. The lowest BCUT2D eigenvalue weighted by Gasteiger charge is -1.95. The van der Waals surface area contributed by atoms with Gasteiger partial charge in [0.05, 0.1) is 0 Å². The Balaban J connectivity index is 2.19. The minimum Gasteiger partial charge on any atom is -0.508 e. The molecule has 1 heterocycles. The predicted molar refractivity (Wildman–Crippen MR) is 61.3 cm³/mol. The normalized spacial score (nSPS) is 10.7. The highest BCUT2D eigenvalue weighted by Gasteiger charge is 1.89. The third-order valence-corrected chi connectivity index (χ3v) is 2.04. The zero-order chi connectivity index (χ0) is 10.5. The van der Waals surface area contributed by atoms with Gasteiger partial charge in [-0.15, -0.1) is 0 Å². The first kappa shape index (κ1) is 9.46. The highest BCUT2D eigenvalue weighted by atomic mass is 16.3. The molecule has 0 unspecified atom stereocenters. The largest absolute Gasteiger partial charge is 0.508 e. The van der Waals surface area contributed by atoms with Crippen molar-refractivity contribution in [3.63, 3.8) is 0 Å². The van der Waals surface area contributed by atoms with E-state index in [1.54, 1.807) is 24.5 Å². The smallest absolute Gasteiger partial charge is 0.116 e. The number of pyridine rings is 1. The summed E-state index contributed by atoms with van der Waals surface area (Å²) >= 11 is 0. The number of benzene rings is 1. The molecule has 0 aliphatic rings. The Bertz CT molecular complexity index is 463. The molecule has 1 aromatic heterocycles. The summed E-state index contributed by atoms with van der Waals surface area (Å²) in [7, 11) is 0. The van der Waals surface area contributed by atoms with Crippen LogP contribution < -0.4 is 0 Å². The molecule has 1 aromatic carbocycles. The van der Waals surface area contributed by atoms with Crippen molar-refractivity contribution in [3.8, 4) is 5.75 Å². The van der Waals surface area contributed by atoms with Crippen molar-refractivity contribution in [3.05, 3.63) is 59.9 Å². The van der Waals surface area contributed by atoms with Crippen LogP contribution in [-0.2, 0) is 0 Å². The summed E-state index contributed by atoms with van der Waals surface area (Å²) in [5.41, 5.74) is 2.07. The van der Waals surface area contributed by atoms with E-state index >= 15 is 0 Å².